The molecule has 13 heavy (non-hydrogen) atoms. The first-order valence-corrected chi connectivity index (χ1v) is 4.05. The maximum absolute atomic E-state index is 5.55. The van der Waals surface area contributed by atoms with Crippen molar-refractivity contribution in [3.05, 3.63) is 30.2 Å². The lowest BCUT2D eigenvalue weighted by atomic mass is 10.4. The quantitative estimate of drug-likeness (QED) is 0.738. The number of hydrogen-bond acceptors (Lipinski definition) is 3. The monoisotopic (exact) mass is 177 g/mol. The summed E-state index contributed by atoms with van der Waals surface area (Å²) in [5.74, 6) is 0.806. The molecule has 2 aromatic heterocycles. The summed E-state index contributed by atoms with van der Waals surface area (Å²) < 4.78 is 7.03. The fraction of sp³-hybridized carbons (Fsp3) is 0.222. The summed E-state index contributed by atoms with van der Waals surface area (Å²) >= 11 is 0. The van der Waals surface area contributed by atoms with E-state index >= 15 is 0 Å². The molecule has 0 saturated heterocycles. The molecule has 0 atom stereocenters. The number of pyridine rings is 1. The zero-order valence-corrected chi connectivity index (χ0v) is 7.40. The third-order valence-electron chi connectivity index (χ3n) is 2.00. The van der Waals surface area contributed by atoms with Gasteiger partial charge in [-0.25, -0.2) is 4.98 Å². The van der Waals surface area contributed by atoms with E-state index < -0.39 is 0 Å². The minimum absolute atomic E-state index is 0.480. The summed E-state index contributed by atoms with van der Waals surface area (Å²) in [5, 5.41) is 0. The van der Waals surface area contributed by atoms with Crippen LogP contribution in [-0.2, 0) is 6.54 Å². The van der Waals surface area contributed by atoms with E-state index in [1.807, 2.05) is 22.7 Å². The van der Waals surface area contributed by atoms with Crippen molar-refractivity contribution in [3.63, 3.8) is 0 Å². The number of rotatable bonds is 2. The number of nitrogens with zero attached hydrogens (tertiary/aromatic N) is 2. The van der Waals surface area contributed by atoms with Gasteiger partial charge in [0.05, 0.1) is 25.2 Å². The van der Waals surface area contributed by atoms with Gasteiger partial charge in [-0.3, -0.25) is 4.40 Å². The normalized spacial score (nSPS) is 10.6. The molecule has 4 nitrogen and oxygen atoms in total. The molecular formula is C9H11N3O. The third-order valence-corrected chi connectivity index (χ3v) is 2.00. The maximum Gasteiger partial charge on any atom is 0.137 e. The van der Waals surface area contributed by atoms with Gasteiger partial charge in [-0.15, -0.1) is 0 Å². The molecule has 0 amide bonds. The summed E-state index contributed by atoms with van der Waals surface area (Å²) in [6.45, 7) is 0.480. The second-order valence-corrected chi connectivity index (χ2v) is 2.75. The highest BCUT2D eigenvalue weighted by atomic mass is 16.5. The Bertz CT molecular complexity index is 422. The lowest BCUT2D eigenvalue weighted by molar-refractivity contribution is 0.412. The van der Waals surface area contributed by atoms with E-state index in [9.17, 15) is 0 Å². The average molecular weight is 177 g/mol. The van der Waals surface area contributed by atoms with Crippen molar-refractivity contribution >= 4 is 5.65 Å². The smallest absolute Gasteiger partial charge is 0.137 e. The lowest BCUT2D eigenvalue weighted by Gasteiger charge is -2.02. The molecule has 2 rings (SSSR count). The molecule has 0 fully saturated rings. The Morgan fingerprint density at radius 2 is 2.38 bits per heavy atom. The Morgan fingerprint density at radius 1 is 1.54 bits per heavy atom. The van der Waals surface area contributed by atoms with Crippen molar-refractivity contribution in [2.45, 2.75) is 6.54 Å². The van der Waals surface area contributed by atoms with Crippen LogP contribution in [0.25, 0.3) is 5.65 Å². The molecule has 2 heterocycles. The zero-order valence-electron chi connectivity index (χ0n) is 7.40. The zero-order chi connectivity index (χ0) is 9.26. The minimum atomic E-state index is 0.480. The standard InChI is InChI=1S/C9H11N3O/c1-13-8-2-3-9-11-5-7(4-10)12(9)6-8/h2-3,5-6H,4,10H2,1H3. The summed E-state index contributed by atoms with van der Waals surface area (Å²) in [6.07, 6.45) is 3.65. The van der Waals surface area contributed by atoms with Crippen LogP contribution in [0.3, 0.4) is 0 Å². The van der Waals surface area contributed by atoms with E-state index in [1.165, 1.54) is 0 Å². The van der Waals surface area contributed by atoms with E-state index in [0.717, 1.165) is 17.1 Å². The van der Waals surface area contributed by atoms with Crippen molar-refractivity contribution in [1.29, 1.82) is 0 Å². The van der Waals surface area contributed by atoms with Crippen molar-refractivity contribution in [1.82, 2.24) is 9.38 Å². The lowest BCUT2D eigenvalue weighted by Crippen LogP contribution is -2.00. The van der Waals surface area contributed by atoms with Crippen molar-refractivity contribution in [2.75, 3.05) is 7.11 Å². The number of fused-ring (bicyclic) bond motifs is 1. The molecule has 0 aliphatic rings. The summed E-state index contributed by atoms with van der Waals surface area (Å²) in [6, 6.07) is 3.78. The fourth-order valence-electron chi connectivity index (χ4n) is 1.28. The molecule has 0 spiro atoms. The van der Waals surface area contributed by atoms with E-state index in [-0.39, 0.29) is 0 Å². The first-order chi connectivity index (χ1) is 6.35. The molecule has 0 unspecified atom stereocenters. The van der Waals surface area contributed by atoms with Gasteiger partial charge in [-0.1, -0.05) is 0 Å². The predicted octanol–water partition coefficient (Wildman–Crippen LogP) is 0.802. The summed E-state index contributed by atoms with van der Waals surface area (Å²) in [4.78, 5) is 4.19. The second kappa shape index (κ2) is 3.06. The number of aromatic nitrogens is 2. The van der Waals surface area contributed by atoms with Gasteiger partial charge in [0.25, 0.3) is 0 Å². The van der Waals surface area contributed by atoms with Gasteiger partial charge in [0.2, 0.25) is 0 Å². The van der Waals surface area contributed by atoms with Gasteiger partial charge in [-0.05, 0) is 12.1 Å². The van der Waals surface area contributed by atoms with Crippen LogP contribution in [0.15, 0.2) is 24.5 Å². The highest BCUT2D eigenvalue weighted by Crippen LogP contribution is 2.13. The maximum atomic E-state index is 5.55. The highest BCUT2D eigenvalue weighted by molar-refractivity contribution is 5.43. The average Bonchev–Trinajstić information content (AvgIpc) is 2.59. The molecule has 2 aromatic rings. The predicted molar refractivity (Wildman–Crippen MR) is 49.6 cm³/mol. The largest absolute Gasteiger partial charge is 0.495 e. The van der Waals surface area contributed by atoms with Gasteiger partial charge in [-0.2, -0.15) is 0 Å². The number of imidazole rings is 1. The van der Waals surface area contributed by atoms with Crippen molar-refractivity contribution < 1.29 is 4.74 Å². The number of hydrogen-bond donors (Lipinski definition) is 1. The van der Waals surface area contributed by atoms with Crippen LogP contribution in [0.1, 0.15) is 5.69 Å². The molecule has 0 aromatic carbocycles. The van der Waals surface area contributed by atoms with Gasteiger partial charge in [0.1, 0.15) is 11.4 Å². The van der Waals surface area contributed by atoms with E-state index in [0.29, 0.717) is 6.54 Å². The van der Waals surface area contributed by atoms with Crippen LogP contribution >= 0.6 is 0 Å². The Morgan fingerprint density at radius 3 is 3.08 bits per heavy atom. The molecule has 4 heteroatoms. The molecule has 0 bridgehead atoms. The summed E-state index contributed by atoms with van der Waals surface area (Å²) in [5.41, 5.74) is 7.42. The number of ether oxygens (including phenoxy) is 1. The SMILES string of the molecule is COc1ccc2ncc(CN)n2c1. The van der Waals surface area contributed by atoms with Crippen LogP contribution in [-0.4, -0.2) is 16.5 Å². The second-order valence-electron chi connectivity index (χ2n) is 2.75. The van der Waals surface area contributed by atoms with E-state index in [2.05, 4.69) is 4.98 Å². The van der Waals surface area contributed by atoms with E-state index in [1.54, 1.807) is 13.3 Å². The van der Waals surface area contributed by atoms with Crippen molar-refractivity contribution in [2.24, 2.45) is 5.73 Å². The van der Waals surface area contributed by atoms with Gasteiger partial charge >= 0.3 is 0 Å². The van der Waals surface area contributed by atoms with Crippen LogP contribution in [0.5, 0.6) is 5.75 Å². The molecule has 0 radical (unpaired) electrons. The Balaban J connectivity index is 2.64. The molecule has 0 saturated carbocycles. The van der Waals surface area contributed by atoms with Crippen molar-refractivity contribution in [3.8, 4) is 5.75 Å². The van der Waals surface area contributed by atoms with Crippen LogP contribution < -0.4 is 10.5 Å². The van der Waals surface area contributed by atoms with Gasteiger partial charge in [0, 0.05) is 6.54 Å². The molecule has 0 aliphatic carbocycles. The van der Waals surface area contributed by atoms with Crippen LogP contribution in [0.2, 0.25) is 0 Å². The highest BCUT2D eigenvalue weighted by Gasteiger charge is 2.01. The molecule has 68 valence electrons. The topological polar surface area (TPSA) is 52.5 Å². The number of nitrogens with two attached hydrogens (primary N) is 1. The Hall–Kier alpha value is -1.55. The minimum Gasteiger partial charge on any atom is -0.495 e. The van der Waals surface area contributed by atoms with E-state index in [4.69, 9.17) is 10.5 Å². The van der Waals surface area contributed by atoms with Gasteiger partial charge in [0.15, 0.2) is 0 Å². The van der Waals surface area contributed by atoms with Gasteiger partial charge < -0.3 is 10.5 Å². The first-order valence-electron chi connectivity index (χ1n) is 4.05. The third kappa shape index (κ3) is 1.25. The van der Waals surface area contributed by atoms with Crippen LogP contribution in [0, 0.1) is 0 Å². The number of methoxy groups -OCH3 is 1. The molecule has 0 aliphatic heterocycles. The fourth-order valence-corrected chi connectivity index (χ4v) is 1.28. The molecule has 2 N–H and O–H groups in total. The van der Waals surface area contributed by atoms with Crippen LogP contribution in [0.4, 0.5) is 0 Å². The summed E-state index contributed by atoms with van der Waals surface area (Å²) in [7, 11) is 1.64. The Labute approximate surface area is 76.0 Å². The Kier molecular flexibility index (Phi) is 1.90. The molecular weight excluding hydrogens is 166 g/mol. The first kappa shape index (κ1) is 8.07.